The van der Waals surface area contributed by atoms with Gasteiger partial charge in [0.1, 0.15) is 6.54 Å². The Morgan fingerprint density at radius 1 is 1.29 bits per heavy atom. The van der Waals surface area contributed by atoms with Gasteiger partial charge in [-0.05, 0) is 35.4 Å². The number of hydrogen-bond donors (Lipinski definition) is 1. The summed E-state index contributed by atoms with van der Waals surface area (Å²) in [5, 5.41) is 14.9. The Morgan fingerprint density at radius 3 is 2.68 bits per heavy atom. The number of aryl methyl sites for hydroxylation is 1. The molecule has 5 heterocycles. The molecule has 1 unspecified atom stereocenters. The van der Waals surface area contributed by atoms with Gasteiger partial charge < -0.3 is 14.3 Å². The minimum absolute atomic E-state index is 0.108. The lowest BCUT2D eigenvalue weighted by Crippen LogP contribution is -2.65. The van der Waals surface area contributed by atoms with Crippen molar-refractivity contribution in [3.05, 3.63) is 57.4 Å². The van der Waals surface area contributed by atoms with Crippen molar-refractivity contribution in [3.8, 4) is 0 Å². The first-order valence-corrected chi connectivity index (χ1v) is 11.8. The van der Waals surface area contributed by atoms with E-state index in [2.05, 4.69) is 24.1 Å². The molecule has 6 heteroatoms. The molecule has 0 saturated carbocycles. The van der Waals surface area contributed by atoms with Gasteiger partial charge in [0, 0.05) is 30.1 Å². The van der Waals surface area contributed by atoms with Crippen LogP contribution in [0.2, 0.25) is 0 Å². The maximum absolute atomic E-state index is 12.9. The third-order valence-corrected chi connectivity index (χ3v) is 8.37. The summed E-state index contributed by atoms with van der Waals surface area (Å²) in [5.74, 6) is -0.168. The Hall–Kier alpha value is -1.47. The average molecular weight is 419 g/mol. The lowest BCUT2D eigenvalue weighted by molar-refractivity contribution is -0.946. The molecule has 0 radical (unpaired) electrons. The van der Waals surface area contributed by atoms with Gasteiger partial charge in [-0.2, -0.15) is 0 Å². The standard InChI is InChI=1S/C22H28NO3S2/c1-2-22(25,20-8-5-15-28-20)21(24)26-19-16-23(12-9-17(19)10-13-23)11-3-6-18-7-4-14-27-18/h2,4-5,7-8,14-15,17,19,25H,1,3,6,9-13,16H2/q+1/t17?,19-,22?,23?/m0/s1. The van der Waals surface area contributed by atoms with Crippen molar-refractivity contribution in [3.63, 3.8) is 0 Å². The first-order valence-electron chi connectivity index (χ1n) is 10.0. The molecule has 2 bridgehead atoms. The minimum atomic E-state index is -1.75. The monoisotopic (exact) mass is 418 g/mol. The van der Waals surface area contributed by atoms with Crippen LogP contribution in [0, 0.1) is 5.92 Å². The Balaban J connectivity index is 1.40. The predicted octanol–water partition coefficient (Wildman–Crippen LogP) is 3.97. The minimum Gasteiger partial charge on any atom is -0.453 e. The number of fused-ring (bicyclic) bond motifs is 3. The van der Waals surface area contributed by atoms with Gasteiger partial charge >= 0.3 is 5.97 Å². The van der Waals surface area contributed by atoms with Crippen LogP contribution >= 0.6 is 22.7 Å². The van der Waals surface area contributed by atoms with Crippen molar-refractivity contribution in [1.82, 2.24) is 0 Å². The summed E-state index contributed by atoms with van der Waals surface area (Å²) < 4.78 is 6.96. The fourth-order valence-corrected chi connectivity index (χ4v) is 6.28. The Bertz CT molecular complexity index is 794. The summed E-state index contributed by atoms with van der Waals surface area (Å²) in [6.45, 7) is 8.05. The van der Waals surface area contributed by atoms with Crippen LogP contribution in [-0.4, -0.2) is 47.8 Å². The molecule has 3 saturated heterocycles. The van der Waals surface area contributed by atoms with Gasteiger partial charge in [0.05, 0.1) is 24.5 Å². The van der Waals surface area contributed by atoms with Crippen LogP contribution < -0.4 is 0 Å². The van der Waals surface area contributed by atoms with E-state index in [1.165, 1.54) is 35.4 Å². The van der Waals surface area contributed by atoms with Crippen LogP contribution in [0.3, 0.4) is 0 Å². The number of aliphatic hydroxyl groups is 1. The largest absolute Gasteiger partial charge is 0.453 e. The van der Waals surface area contributed by atoms with Crippen LogP contribution in [0.4, 0.5) is 0 Å². The Labute approximate surface area is 174 Å². The highest BCUT2D eigenvalue weighted by molar-refractivity contribution is 7.10. The summed E-state index contributed by atoms with van der Waals surface area (Å²) in [6.07, 6.45) is 5.68. The zero-order valence-corrected chi connectivity index (χ0v) is 17.7. The SMILES string of the molecule is C=CC(O)(C(=O)O[C@H]1C[N+]2(CCCc3cccs3)CCC1CC2)c1cccs1. The number of carbonyl (C=O) groups excluding carboxylic acids is 1. The Kier molecular flexibility index (Phi) is 5.74. The van der Waals surface area contributed by atoms with Crippen molar-refractivity contribution >= 4 is 28.6 Å². The number of carbonyl (C=O) groups is 1. The molecule has 2 atom stereocenters. The molecule has 28 heavy (non-hydrogen) atoms. The van der Waals surface area contributed by atoms with E-state index in [-0.39, 0.29) is 6.10 Å². The van der Waals surface area contributed by atoms with E-state index in [1.54, 1.807) is 6.07 Å². The molecule has 3 aliphatic heterocycles. The first kappa shape index (κ1) is 19.8. The van der Waals surface area contributed by atoms with Gasteiger partial charge in [0.25, 0.3) is 0 Å². The van der Waals surface area contributed by atoms with Gasteiger partial charge in [-0.3, -0.25) is 0 Å². The van der Waals surface area contributed by atoms with E-state index >= 15 is 0 Å². The molecule has 2 aromatic heterocycles. The van der Waals surface area contributed by atoms with Gasteiger partial charge in [-0.25, -0.2) is 4.79 Å². The highest BCUT2D eigenvalue weighted by atomic mass is 32.1. The molecule has 0 amide bonds. The number of hydrogen-bond acceptors (Lipinski definition) is 5. The molecule has 0 spiro atoms. The number of rotatable bonds is 8. The van der Waals surface area contributed by atoms with E-state index in [0.29, 0.717) is 10.8 Å². The summed E-state index contributed by atoms with van der Waals surface area (Å²) in [4.78, 5) is 14.9. The Morgan fingerprint density at radius 2 is 2.04 bits per heavy atom. The van der Waals surface area contributed by atoms with Crippen molar-refractivity contribution in [2.45, 2.75) is 37.4 Å². The topological polar surface area (TPSA) is 46.5 Å². The maximum Gasteiger partial charge on any atom is 0.348 e. The molecule has 0 aromatic carbocycles. The number of thiophene rings is 2. The molecule has 5 rings (SSSR count). The van der Waals surface area contributed by atoms with Crippen LogP contribution in [0.5, 0.6) is 0 Å². The summed E-state index contributed by atoms with van der Waals surface area (Å²) in [6, 6.07) is 7.90. The van der Waals surface area contributed by atoms with E-state index in [1.807, 2.05) is 22.8 Å². The summed E-state index contributed by atoms with van der Waals surface area (Å²) >= 11 is 3.17. The zero-order valence-electron chi connectivity index (χ0n) is 16.1. The van der Waals surface area contributed by atoms with Crippen molar-refractivity contribution in [2.75, 3.05) is 26.2 Å². The number of nitrogens with zero attached hydrogens (tertiary/aromatic N) is 1. The average Bonchev–Trinajstić information content (AvgIpc) is 3.42. The predicted molar refractivity (Wildman–Crippen MR) is 113 cm³/mol. The molecular formula is C22H28NO3S2+. The maximum atomic E-state index is 12.9. The van der Waals surface area contributed by atoms with Gasteiger partial charge in [0.15, 0.2) is 6.10 Å². The molecule has 3 fully saturated rings. The lowest BCUT2D eigenvalue weighted by atomic mass is 9.83. The number of piperidine rings is 3. The number of esters is 1. The molecule has 3 aliphatic rings. The van der Waals surface area contributed by atoms with Crippen LogP contribution in [-0.2, 0) is 21.6 Å². The highest BCUT2D eigenvalue weighted by Crippen LogP contribution is 2.37. The van der Waals surface area contributed by atoms with Crippen LogP contribution in [0.1, 0.15) is 29.0 Å². The molecular weight excluding hydrogens is 390 g/mol. The van der Waals surface area contributed by atoms with Crippen LogP contribution in [0.15, 0.2) is 47.7 Å². The van der Waals surface area contributed by atoms with Crippen LogP contribution in [0.25, 0.3) is 0 Å². The van der Waals surface area contributed by atoms with E-state index in [4.69, 9.17) is 4.74 Å². The normalized spacial score (nSPS) is 28.6. The second-order valence-corrected chi connectivity index (χ2v) is 10.1. The second kappa shape index (κ2) is 8.11. The van der Waals surface area contributed by atoms with Crippen molar-refractivity contribution in [1.29, 1.82) is 0 Å². The van der Waals surface area contributed by atoms with Gasteiger partial charge in [0.2, 0.25) is 5.60 Å². The molecule has 4 nitrogen and oxygen atoms in total. The fourth-order valence-electron chi connectivity index (χ4n) is 4.72. The van der Waals surface area contributed by atoms with E-state index < -0.39 is 11.6 Å². The third kappa shape index (κ3) is 3.83. The fraction of sp³-hybridized carbons (Fsp3) is 0.500. The zero-order chi connectivity index (χ0) is 19.6. The van der Waals surface area contributed by atoms with Gasteiger partial charge in [-0.1, -0.05) is 18.7 Å². The molecule has 2 aromatic rings. The second-order valence-electron chi connectivity index (χ2n) is 8.11. The summed E-state index contributed by atoms with van der Waals surface area (Å²) in [5.41, 5.74) is -1.75. The lowest BCUT2D eigenvalue weighted by Gasteiger charge is -2.52. The molecule has 150 valence electrons. The summed E-state index contributed by atoms with van der Waals surface area (Å²) in [7, 11) is 0. The molecule has 0 aliphatic carbocycles. The smallest absolute Gasteiger partial charge is 0.348 e. The first-order chi connectivity index (χ1) is 13.5. The molecule has 1 N–H and O–H groups in total. The van der Waals surface area contributed by atoms with E-state index in [9.17, 15) is 9.90 Å². The highest BCUT2D eigenvalue weighted by Gasteiger charge is 2.49. The van der Waals surface area contributed by atoms with Crippen molar-refractivity contribution in [2.24, 2.45) is 5.92 Å². The van der Waals surface area contributed by atoms with Crippen molar-refractivity contribution < 1.29 is 19.1 Å². The number of ether oxygens (including phenoxy) is 1. The van der Waals surface area contributed by atoms with E-state index in [0.717, 1.165) is 43.3 Å². The quantitative estimate of drug-likeness (QED) is 0.401. The van der Waals surface area contributed by atoms with Gasteiger partial charge in [-0.15, -0.1) is 22.7 Å². The third-order valence-electron chi connectivity index (χ3n) is 6.44. The number of quaternary nitrogens is 1.